The topological polar surface area (TPSA) is 91.7 Å². The molecule has 0 saturated carbocycles. The Morgan fingerprint density at radius 3 is 2.83 bits per heavy atom. The Morgan fingerprint density at radius 1 is 1.33 bits per heavy atom. The average Bonchev–Trinajstić information content (AvgIpc) is 2.74. The van der Waals surface area contributed by atoms with E-state index in [1.807, 2.05) is 0 Å². The third kappa shape index (κ3) is 4.59. The number of allylic oxidation sites excluding steroid dienone is 4. The Bertz CT molecular complexity index is 951. The molecule has 1 heterocycles. The van der Waals surface area contributed by atoms with Crippen LogP contribution in [0.5, 0.6) is 0 Å². The number of benzene rings is 1. The van der Waals surface area contributed by atoms with Crippen LogP contribution in [-0.2, 0) is 25.7 Å². The van der Waals surface area contributed by atoms with Crippen molar-refractivity contribution in [3.63, 3.8) is 0 Å². The average molecular weight is 413 g/mol. The van der Waals surface area contributed by atoms with Gasteiger partial charge in [-0.15, -0.1) is 0 Å². The molecule has 30 heavy (non-hydrogen) atoms. The summed E-state index contributed by atoms with van der Waals surface area (Å²) < 4.78 is 24.5. The minimum absolute atomic E-state index is 0.0200. The quantitative estimate of drug-likeness (QED) is 0.552. The summed E-state index contributed by atoms with van der Waals surface area (Å²) in [7, 11) is 0. The normalized spacial score (nSPS) is 19.8. The fourth-order valence-electron chi connectivity index (χ4n) is 3.19. The first-order valence-corrected chi connectivity index (χ1v) is 9.73. The van der Waals surface area contributed by atoms with Gasteiger partial charge in [-0.05, 0) is 38.1 Å². The van der Waals surface area contributed by atoms with E-state index in [9.17, 15) is 14.0 Å². The first kappa shape index (κ1) is 21.3. The van der Waals surface area contributed by atoms with E-state index in [1.54, 1.807) is 44.2 Å². The van der Waals surface area contributed by atoms with E-state index < -0.39 is 12.0 Å². The van der Waals surface area contributed by atoms with E-state index >= 15 is 0 Å². The van der Waals surface area contributed by atoms with Gasteiger partial charge in [0.25, 0.3) is 5.91 Å². The minimum Gasteiger partial charge on any atom is -0.489 e. The molecule has 0 bridgehead atoms. The summed E-state index contributed by atoms with van der Waals surface area (Å²) in [6.07, 6.45) is 4.68. The smallest absolute Gasteiger partial charge is 0.328 e. The molecule has 0 radical (unpaired) electrons. The second-order valence-electron chi connectivity index (χ2n) is 6.82. The van der Waals surface area contributed by atoms with E-state index in [0.29, 0.717) is 30.0 Å². The van der Waals surface area contributed by atoms with Crippen molar-refractivity contribution in [1.29, 1.82) is 5.41 Å². The molecule has 8 heteroatoms. The molecule has 0 aromatic heterocycles. The highest BCUT2D eigenvalue weighted by Crippen LogP contribution is 2.22. The number of esters is 1. The van der Waals surface area contributed by atoms with E-state index in [4.69, 9.17) is 14.9 Å². The molecule has 0 spiro atoms. The number of carbonyl (C=O) groups is 2. The molecule has 1 fully saturated rings. The first-order valence-electron chi connectivity index (χ1n) is 9.73. The largest absolute Gasteiger partial charge is 0.489 e. The minimum atomic E-state index is -0.732. The Balaban J connectivity index is 1.81. The number of rotatable bonds is 6. The molecule has 158 valence electrons. The molecule has 1 aliphatic heterocycles. The monoisotopic (exact) mass is 413 g/mol. The third-order valence-corrected chi connectivity index (χ3v) is 4.84. The molecule has 1 aliphatic carbocycles. The number of ether oxygens (including phenoxy) is 2. The van der Waals surface area contributed by atoms with Gasteiger partial charge < -0.3 is 25.1 Å². The van der Waals surface area contributed by atoms with Crippen molar-refractivity contribution in [2.75, 3.05) is 19.7 Å². The standard InChI is InChI=1S/C22H24FN3O4/c1-3-29-22(28)14(2)26-11-10-25-20(21(26)27)17-12-16(8-9-19(17)24)30-13-15-6-4-5-7-18(15)23/h4-9,12,14,24-25H,3,10-11,13H2,1-2H3/b20-17-,24-19?. The molecule has 1 amide bonds. The van der Waals surface area contributed by atoms with E-state index in [2.05, 4.69) is 5.32 Å². The Hall–Kier alpha value is -3.42. The lowest BCUT2D eigenvalue weighted by atomic mass is 10.00. The van der Waals surface area contributed by atoms with Crippen molar-refractivity contribution < 1.29 is 23.5 Å². The maximum atomic E-state index is 13.8. The van der Waals surface area contributed by atoms with Crippen LogP contribution in [0, 0.1) is 11.2 Å². The number of hydrogen-bond acceptors (Lipinski definition) is 6. The Morgan fingerprint density at radius 2 is 2.10 bits per heavy atom. The summed E-state index contributed by atoms with van der Waals surface area (Å²) in [4.78, 5) is 26.5. The van der Waals surface area contributed by atoms with Gasteiger partial charge in [-0.2, -0.15) is 0 Å². The molecule has 2 aliphatic rings. The van der Waals surface area contributed by atoms with Gasteiger partial charge in [-0.25, -0.2) is 9.18 Å². The maximum Gasteiger partial charge on any atom is 0.328 e. The maximum absolute atomic E-state index is 13.8. The van der Waals surface area contributed by atoms with Crippen molar-refractivity contribution in [3.8, 4) is 0 Å². The van der Waals surface area contributed by atoms with E-state index in [0.717, 1.165) is 0 Å². The van der Waals surface area contributed by atoms with Gasteiger partial charge in [-0.3, -0.25) is 4.79 Å². The van der Waals surface area contributed by atoms with Crippen molar-refractivity contribution in [3.05, 3.63) is 70.9 Å². The first-order chi connectivity index (χ1) is 14.4. The number of hydrogen-bond donors (Lipinski definition) is 2. The van der Waals surface area contributed by atoms with Crippen LogP contribution in [-0.4, -0.2) is 48.2 Å². The molecule has 1 aromatic rings. The lowest BCUT2D eigenvalue weighted by Crippen LogP contribution is -2.53. The van der Waals surface area contributed by atoms with Crippen LogP contribution in [0.15, 0.2) is 59.5 Å². The molecule has 3 rings (SSSR count). The second kappa shape index (κ2) is 9.39. The molecular weight excluding hydrogens is 389 g/mol. The van der Waals surface area contributed by atoms with Gasteiger partial charge in [0.15, 0.2) is 0 Å². The van der Waals surface area contributed by atoms with Crippen molar-refractivity contribution in [2.24, 2.45) is 0 Å². The van der Waals surface area contributed by atoms with Gasteiger partial charge in [0.1, 0.15) is 29.9 Å². The molecule has 1 unspecified atom stereocenters. The number of nitrogens with zero attached hydrogens (tertiary/aromatic N) is 1. The van der Waals surface area contributed by atoms with Gasteiger partial charge in [0.2, 0.25) is 0 Å². The zero-order valence-electron chi connectivity index (χ0n) is 16.9. The lowest BCUT2D eigenvalue weighted by molar-refractivity contribution is -0.153. The summed E-state index contributed by atoms with van der Waals surface area (Å²) in [5.74, 6) is -0.819. The van der Waals surface area contributed by atoms with Crippen LogP contribution in [0.3, 0.4) is 0 Å². The summed E-state index contributed by atoms with van der Waals surface area (Å²) >= 11 is 0. The van der Waals surface area contributed by atoms with Gasteiger partial charge >= 0.3 is 5.97 Å². The Labute approximate surface area is 174 Å². The molecular formula is C22H24FN3O4. The predicted molar refractivity (Wildman–Crippen MR) is 109 cm³/mol. The molecule has 7 nitrogen and oxygen atoms in total. The summed E-state index contributed by atoms with van der Waals surface area (Å²) in [6.45, 7) is 4.36. The fraction of sp³-hybridized carbons (Fsp3) is 0.318. The zero-order valence-corrected chi connectivity index (χ0v) is 16.9. The molecule has 1 saturated heterocycles. The molecule has 1 aromatic carbocycles. The number of amides is 1. The highest BCUT2D eigenvalue weighted by molar-refractivity contribution is 6.15. The highest BCUT2D eigenvalue weighted by atomic mass is 19.1. The lowest BCUT2D eigenvalue weighted by Gasteiger charge is -2.34. The molecule has 1 atom stereocenters. The van der Waals surface area contributed by atoms with E-state index in [-0.39, 0.29) is 36.3 Å². The summed E-state index contributed by atoms with van der Waals surface area (Å²) in [5.41, 5.74) is 1.11. The van der Waals surface area contributed by atoms with Crippen LogP contribution in [0.4, 0.5) is 4.39 Å². The number of piperazine rings is 1. The van der Waals surface area contributed by atoms with Gasteiger partial charge in [-0.1, -0.05) is 18.2 Å². The van der Waals surface area contributed by atoms with Gasteiger partial charge in [0.05, 0.1) is 12.3 Å². The number of carbonyl (C=O) groups excluding carboxylic acids is 2. The second-order valence-corrected chi connectivity index (χ2v) is 6.82. The van der Waals surface area contributed by atoms with Crippen LogP contribution < -0.4 is 5.32 Å². The van der Waals surface area contributed by atoms with Crippen molar-refractivity contribution in [1.82, 2.24) is 10.2 Å². The Kier molecular flexibility index (Phi) is 6.66. The van der Waals surface area contributed by atoms with Gasteiger partial charge in [0, 0.05) is 24.2 Å². The van der Waals surface area contributed by atoms with Crippen LogP contribution in [0.25, 0.3) is 0 Å². The van der Waals surface area contributed by atoms with Crippen LogP contribution >= 0.6 is 0 Å². The highest BCUT2D eigenvalue weighted by Gasteiger charge is 2.33. The predicted octanol–water partition coefficient (Wildman–Crippen LogP) is 2.45. The number of halogens is 1. The zero-order chi connectivity index (χ0) is 21.7. The molecule has 2 N–H and O–H groups in total. The summed E-state index contributed by atoms with van der Waals surface area (Å²) in [6, 6.07) is 5.58. The van der Waals surface area contributed by atoms with E-state index in [1.165, 1.54) is 17.0 Å². The summed E-state index contributed by atoms with van der Waals surface area (Å²) in [5, 5.41) is 11.2. The van der Waals surface area contributed by atoms with Crippen molar-refractivity contribution >= 4 is 17.6 Å². The van der Waals surface area contributed by atoms with Crippen molar-refractivity contribution in [2.45, 2.75) is 26.5 Å². The SMILES string of the molecule is CCOC(=O)C(C)N1CCN/C(=C2/C=C(OCc3ccccc3F)C=CC2=N)C1=O. The van der Waals surface area contributed by atoms with Crippen LogP contribution in [0.1, 0.15) is 19.4 Å². The third-order valence-electron chi connectivity index (χ3n) is 4.84. The van der Waals surface area contributed by atoms with Crippen LogP contribution in [0.2, 0.25) is 0 Å². The fourth-order valence-corrected chi connectivity index (χ4v) is 3.19. The number of nitrogens with one attached hydrogen (secondary N) is 2.